The predicted molar refractivity (Wildman–Crippen MR) is 214 cm³/mol. The Hall–Kier alpha value is -0.940. The maximum absolute atomic E-state index is 11.6. The Labute approximate surface area is 363 Å². The molecule has 17 nitrogen and oxygen atoms in total. The van der Waals surface area contributed by atoms with Gasteiger partial charge in [-0.25, -0.2) is 0 Å². The van der Waals surface area contributed by atoms with Crippen LogP contribution in [-0.2, 0) is 37.9 Å². The minimum Gasteiger partial charge on any atom is -0.394 e. The number of allylic oxidation sites excluding steroid dienone is 1. The van der Waals surface area contributed by atoms with Gasteiger partial charge in [0.25, 0.3) is 0 Å². The molecule has 0 aromatic carbocycles. The lowest BCUT2D eigenvalue weighted by atomic mass is 9.47. The van der Waals surface area contributed by atoms with Crippen LogP contribution in [-0.4, -0.2) is 176 Å². The second kappa shape index (κ2) is 17.3. The van der Waals surface area contributed by atoms with E-state index in [0.29, 0.717) is 48.3 Å². The van der Waals surface area contributed by atoms with Gasteiger partial charge in [0.1, 0.15) is 67.1 Å². The Kier molecular flexibility index (Phi) is 12.9. The van der Waals surface area contributed by atoms with E-state index in [4.69, 9.17) is 37.9 Å². The third-order valence-corrected chi connectivity index (χ3v) is 17.7. The first-order valence-electron chi connectivity index (χ1n) is 23.4. The Morgan fingerprint density at radius 3 is 2.03 bits per heavy atom. The van der Waals surface area contributed by atoms with E-state index in [-0.39, 0.29) is 16.9 Å². The molecule has 4 aliphatic carbocycles. The lowest BCUT2D eigenvalue weighted by Crippen LogP contribution is -2.67. The normalized spacial score (nSPS) is 57.6. The Morgan fingerprint density at radius 1 is 0.677 bits per heavy atom. The van der Waals surface area contributed by atoms with Crippen LogP contribution in [0.1, 0.15) is 92.4 Å². The fraction of sp³-hybridized carbons (Fsp3) is 0.956. The van der Waals surface area contributed by atoms with Crippen molar-refractivity contribution in [2.45, 2.75) is 203 Å². The van der Waals surface area contributed by atoms with Crippen molar-refractivity contribution >= 4 is 0 Å². The zero-order chi connectivity index (χ0) is 44.2. The first kappa shape index (κ1) is 46.2. The van der Waals surface area contributed by atoms with E-state index in [1.807, 2.05) is 0 Å². The second-order valence-electron chi connectivity index (χ2n) is 21.1. The highest BCUT2D eigenvalue weighted by molar-refractivity contribution is 5.26. The second-order valence-corrected chi connectivity index (χ2v) is 21.1. The smallest absolute Gasteiger partial charge is 0.187 e. The Morgan fingerprint density at radius 2 is 1.34 bits per heavy atom. The van der Waals surface area contributed by atoms with Gasteiger partial charge in [0, 0.05) is 12.3 Å². The summed E-state index contributed by atoms with van der Waals surface area (Å²) < 4.78 is 50.3. The fourth-order valence-electron chi connectivity index (χ4n) is 14.0. The van der Waals surface area contributed by atoms with Crippen LogP contribution in [0.3, 0.4) is 0 Å². The Bertz CT molecular complexity index is 1610. The molecule has 354 valence electrons. The van der Waals surface area contributed by atoms with E-state index in [0.717, 1.165) is 51.6 Å². The number of rotatable bonds is 8. The van der Waals surface area contributed by atoms with Crippen LogP contribution in [0.15, 0.2) is 11.6 Å². The number of hydrogen-bond donors (Lipinski definition) is 9. The summed E-state index contributed by atoms with van der Waals surface area (Å²) in [7, 11) is 0. The van der Waals surface area contributed by atoms with E-state index in [1.165, 1.54) is 12.5 Å². The van der Waals surface area contributed by atoms with Gasteiger partial charge in [0.05, 0.1) is 38.1 Å². The van der Waals surface area contributed by atoms with Gasteiger partial charge in [-0.2, -0.15) is 0 Å². The third kappa shape index (κ3) is 7.49. The molecule has 26 atom stereocenters. The molecule has 5 saturated heterocycles. The third-order valence-electron chi connectivity index (χ3n) is 17.7. The average molecular weight is 885 g/mol. The van der Waals surface area contributed by atoms with Crippen LogP contribution >= 0.6 is 0 Å². The van der Waals surface area contributed by atoms with Crippen LogP contribution in [0.25, 0.3) is 0 Å². The van der Waals surface area contributed by atoms with Gasteiger partial charge in [-0.3, -0.25) is 0 Å². The topological polar surface area (TPSA) is 256 Å². The van der Waals surface area contributed by atoms with Gasteiger partial charge in [-0.1, -0.05) is 39.3 Å². The highest BCUT2D eigenvalue weighted by Gasteiger charge is 2.69. The molecule has 9 aliphatic rings. The van der Waals surface area contributed by atoms with E-state index in [2.05, 4.69) is 33.8 Å². The molecule has 0 unspecified atom stereocenters. The molecule has 9 N–H and O–H groups in total. The molecule has 1 spiro atoms. The summed E-state index contributed by atoms with van der Waals surface area (Å²) in [5.74, 6) is 2.52. The average Bonchev–Trinajstić information content (AvgIpc) is 3.70. The van der Waals surface area contributed by atoms with Crippen molar-refractivity contribution < 1.29 is 83.9 Å². The van der Waals surface area contributed by atoms with Crippen LogP contribution < -0.4 is 0 Å². The predicted octanol–water partition coefficient (Wildman–Crippen LogP) is 0.214. The summed E-state index contributed by atoms with van der Waals surface area (Å²) in [5, 5.41) is 95.8. The van der Waals surface area contributed by atoms with Crippen LogP contribution in [0.4, 0.5) is 0 Å². The summed E-state index contributed by atoms with van der Waals surface area (Å²) >= 11 is 0. The van der Waals surface area contributed by atoms with E-state index < -0.39 is 117 Å². The minimum absolute atomic E-state index is 0.0484. The summed E-state index contributed by atoms with van der Waals surface area (Å²) in [6, 6.07) is 0. The fourth-order valence-corrected chi connectivity index (χ4v) is 14.0. The number of aliphatic hydroxyl groups excluding tert-OH is 9. The number of hydrogen-bond acceptors (Lipinski definition) is 17. The number of aliphatic hydroxyl groups is 9. The van der Waals surface area contributed by atoms with Gasteiger partial charge in [0.15, 0.2) is 24.7 Å². The molecule has 0 bridgehead atoms. The van der Waals surface area contributed by atoms with Crippen LogP contribution in [0, 0.1) is 46.3 Å². The first-order chi connectivity index (χ1) is 29.4. The maximum atomic E-state index is 11.6. The van der Waals surface area contributed by atoms with Crippen molar-refractivity contribution in [1.82, 2.24) is 0 Å². The lowest BCUT2D eigenvalue weighted by Gasteiger charge is -2.59. The zero-order valence-corrected chi connectivity index (χ0v) is 36.6. The number of ether oxygens (including phenoxy) is 8. The van der Waals surface area contributed by atoms with Crippen LogP contribution in [0.2, 0.25) is 0 Å². The molecule has 62 heavy (non-hydrogen) atoms. The van der Waals surface area contributed by atoms with E-state index in [9.17, 15) is 46.0 Å². The maximum Gasteiger partial charge on any atom is 0.187 e. The molecule has 8 fully saturated rings. The molecule has 9 rings (SSSR count). The molecule has 0 amide bonds. The number of fused-ring (bicyclic) bond motifs is 7. The molecule has 0 aromatic heterocycles. The molecular weight excluding hydrogens is 812 g/mol. The summed E-state index contributed by atoms with van der Waals surface area (Å²) in [5.41, 5.74) is 1.45. The van der Waals surface area contributed by atoms with E-state index in [1.54, 1.807) is 0 Å². The molecule has 17 heteroatoms. The van der Waals surface area contributed by atoms with Crippen molar-refractivity contribution in [3.05, 3.63) is 11.6 Å². The largest absolute Gasteiger partial charge is 0.394 e. The lowest BCUT2D eigenvalue weighted by molar-refractivity contribution is -0.394. The van der Waals surface area contributed by atoms with Crippen molar-refractivity contribution in [2.24, 2.45) is 46.3 Å². The molecule has 3 saturated carbocycles. The van der Waals surface area contributed by atoms with Gasteiger partial charge in [0.2, 0.25) is 0 Å². The van der Waals surface area contributed by atoms with Crippen molar-refractivity contribution in [2.75, 3.05) is 19.8 Å². The van der Waals surface area contributed by atoms with Gasteiger partial charge < -0.3 is 83.9 Å². The van der Waals surface area contributed by atoms with Gasteiger partial charge >= 0.3 is 0 Å². The molecule has 0 aromatic rings. The molecule has 5 heterocycles. The quantitative estimate of drug-likeness (QED) is 0.148. The summed E-state index contributed by atoms with van der Waals surface area (Å²) in [4.78, 5) is 0. The Balaban J connectivity index is 0.940. The van der Waals surface area contributed by atoms with Crippen molar-refractivity contribution in [1.29, 1.82) is 0 Å². The molecular formula is C45H72O17. The van der Waals surface area contributed by atoms with Crippen molar-refractivity contribution in [3.63, 3.8) is 0 Å². The monoisotopic (exact) mass is 884 g/mol. The van der Waals surface area contributed by atoms with Gasteiger partial charge in [-0.15, -0.1) is 0 Å². The summed E-state index contributed by atoms with van der Waals surface area (Å²) in [6.45, 7) is 10.4. The highest BCUT2D eigenvalue weighted by Crippen LogP contribution is 2.70. The summed E-state index contributed by atoms with van der Waals surface area (Å²) in [6.07, 6.45) is -12.4. The molecule has 0 radical (unpaired) electrons. The zero-order valence-electron chi connectivity index (χ0n) is 36.6. The standard InChI is InChI=1S/C45H72O17/c1-19-8-13-45(55-18-19)20(2)30-27(62-45)15-26-24-7-6-22-14-23(9-11-43(22,4)25(24)10-12-44(26,30)5)57-42-39(61-40-36(53)34(51)31(48)21(3)56-40)38(33(50)29(17-47)59-42)60-41-37(54)35(52)32(49)28(16-46)58-41/h6,19-21,23-42,46-54H,7-18H2,1-5H3/t19-,20-,21-,23-,24-,25+,26+,27+,28-,29-,30-,31-,32-,33-,34-,35-,36-,37-,38-,39-,40-,41-,42+,43+,44+,45-/m1/s1. The molecule has 5 aliphatic heterocycles. The minimum atomic E-state index is -1.84. The van der Waals surface area contributed by atoms with Crippen LogP contribution in [0.5, 0.6) is 0 Å². The first-order valence-corrected chi connectivity index (χ1v) is 23.4. The van der Waals surface area contributed by atoms with Gasteiger partial charge in [-0.05, 0) is 98.7 Å². The van der Waals surface area contributed by atoms with Crippen molar-refractivity contribution in [3.8, 4) is 0 Å². The van der Waals surface area contributed by atoms with E-state index >= 15 is 0 Å². The SMILES string of the molecule is C[C@@H]1CC[C@@]2(OC1)O[C@H]1C[C@H]3[C@@H]4CC=C5C[C@H](O[C@H]6O[C@H](CO)[C@@H](O)[C@@H](O[C@H]7O[C@H](CO)[C@@H](O)[C@@H](O)[C@H]7O)[C@H]6O[C@H]6O[C@H](C)[C@@H](O)[C@@H](O)[C@H]6O)CC[C@]5(C)[C@H]4CC[C@]3(C)[C@@H]1[C@H]2C. The highest BCUT2D eigenvalue weighted by atomic mass is 16.8.